The lowest BCUT2D eigenvalue weighted by Gasteiger charge is -2.63. The van der Waals surface area contributed by atoms with E-state index in [1.54, 1.807) is 0 Å². The Morgan fingerprint density at radius 2 is 0.929 bits per heavy atom. The van der Waals surface area contributed by atoms with Crippen LogP contribution in [0.25, 0.3) is 0 Å². The normalized spacial score (nSPS) is 61.4. The standard InChI is InChI=1S/C25H38O3/c1-2-26-23-27-21(24-9-15-3-16(10-24)5-17(4-15)11-24)22(28-23)25-12-18-6-19(13-25)8-20(7-18)14-25/h15-23H,2-14H2,1H3. The SMILES string of the molecule is CCOC1OC(C23CC4CC(CC(C4)C2)C3)C(C23CC4CC(CC(C4)C2)C3)O1. The lowest BCUT2D eigenvalue weighted by Crippen LogP contribution is -2.60. The summed E-state index contributed by atoms with van der Waals surface area (Å²) in [4.78, 5) is 0. The van der Waals surface area contributed by atoms with E-state index in [9.17, 15) is 0 Å². The summed E-state index contributed by atoms with van der Waals surface area (Å²) in [6, 6.07) is 0. The molecule has 0 aromatic rings. The van der Waals surface area contributed by atoms with E-state index in [0.717, 1.165) is 35.5 Å². The van der Waals surface area contributed by atoms with E-state index >= 15 is 0 Å². The molecule has 9 fully saturated rings. The van der Waals surface area contributed by atoms with Crippen molar-refractivity contribution in [3.63, 3.8) is 0 Å². The Morgan fingerprint density at radius 1 is 0.607 bits per heavy atom. The first-order valence-corrected chi connectivity index (χ1v) is 12.6. The molecule has 0 N–H and O–H groups in total. The van der Waals surface area contributed by atoms with Gasteiger partial charge in [0, 0.05) is 17.4 Å². The maximum atomic E-state index is 6.74. The zero-order chi connectivity index (χ0) is 18.5. The fourth-order valence-electron chi connectivity index (χ4n) is 10.6. The predicted octanol–water partition coefficient (Wildman–Crippen LogP) is 5.52. The van der Waals surface area contributed by atoms with Gasteiger partial charge in [-0.3, -0.25) is 0 Å². The first kappa shape index (κ1) is 17.5. The van der Waals surface area contributed by atoms with Gasteiger partial charge in [0.25, 0.3) is 6.48 Å². The highest BCUT2D eigenvalue weighted by Crippen LogP contribution is 2.68. The van der Waals surface area contributed by atoms with Gasteiger partial charge < -0.3 is 14.2 Å². The van der Waals surface area contributed by atoms with Crippen molar-refractivity contribution in [3.05, 3.63) is 0 Å². The van der Waals surface area contributed by atoms with Gasteiger partial charge in [-0.25, -0.2) is 0 Å². The van der Waals surface area contributed by atoms with Crippen molar-refractivity contribution in [3.8, 4) is 0 Å². The summed E-state index contributed by atoms with van der Waals surface area (Å²) in [7, 11) is 0. The van der Waals surface area contributed by atoms with Crippen LogP contribution in [0, 0.1) is 46.3 Å². The third-order valence-corrected chi connectivity index (χ3v) is 10.5. The van der Waals surface area contributed by atoms with Crippen molar-refractivity contribution in [1.29, 1.82) is 0 Å². The molecule has 1 heterocycles. The summed E-state index contributed by atoms with van der Waals surface area (Å²) in [6.07, 6.45) is 18.1. The molecule has 156 valence electrons. The Hall–Kier alpha value is -0.120. The van der Waals surface area contributed by atoms with Crippen molar-refractivity contribution >= 4 is 0 Å². The van der Waals surface area contributed by atoms with Gasteiger partial charge in [-0.15, -0.1) is 0 Å². The summed E-state index contributed by atoms with van der Waals surface area (Å²) in [5.74, 6) is 5.82. The molecule has 0 amide bonds. The zero-order valence-electron chi connectivity index (χ0n) is 17.6. The lowest BCUT2D eigenvalue weighted by molar-refractivity contribution is -0.257. The molecule has 1 saturated heterocycles. The molecule has 0 aromatic heterocycles. The third kappa shape index (κ3) is 2.45. The molecule has 2 unspecified atom stereocenters. The van der Waals surface area contributed by atoms with E-state index < -0.39 is 6.48 Å². The average Bonchev–Trinajstić information content (AvgIpc) is 3.06. The highest BCUT2D eigenvalue weighted by atomic mass is 16.9. The van der Waals surface area contributed by atoms with E-state index in [1.807, 2.05) is 0 Å². The maximum Gasteiger partial charge on any atom is 0.272 e. The molecule has 1 aliphatic heterocycles. The largest absolute Gasteiger partial charge is 0.330 e. The van der Waals surface area contributed by atoms with Crippen LogP contribution in [0.3, 0.4) is 0 Å². The van der Waals surface area contributed by atoms with Crippen LogP contribution in [0.5, 0.6) is 0 Å². The molecular weight excluding hydrogens is 348 g/mol. The second kappa shape index (κ2) is 5.98. The Labute approximate surface area is 170 Å². The van der Waals surface area contributed by atoms with Gasteiger partial charge in [0.2, 0.25) is 0 Å². The summed E-state index contributed by atoms with van der Waals surface area (Å²) >= 11 is 0. The second-order valence-corrected chi connectivity index (χ2v) is 12.4. The van der Waals surface area contributed by atoms with Crippen molar-refractivity contribution in [1.82, 2.24) is 0 Å². The minimum Gasteiger partial charge on any atom is -0.330 e. The maximum absolute atomic E-state index is 6.74. The number of hydrogen-bond donors (Lipinski definition) is 0. The van der Waals surface area contributed by atoms with Crippen LogP contribution in [0.1, 0.15) is 84.0 Å². The van der Waals surface area contributed by atoms with Gasteiger partial charge in [0.1, 0.15) is 0 Å². The second-order valence-electron chi connectivity index (χ2n) is 12.4. The smallest absolute Gasteiger partial charge is 0.272 e. The number of hydrogen-bond acceptors (Lipinski definition) is 3. The first-order chi connectivity index (χ1) is 13.6. The molecule has 0 spiro atoms. The minimum atomic E-state index is -0.402. The average molecular weight is 387 g/mol. The van der Waals surface area contributed by atoms with Crippen LogP contribution in [0.4, 0.5) is 0 Å². The third-order valence-electron chi connectivity index (χ3n) is 10.5. The Bertz CT molecular complexity index is 519. The lowest BCUT2D eigenvalue weighted by atomic mass is 9.44. The Morgan fingerprint density at radius 3 is 1.21 bits per heavy atom. The van der Waals surface area contributed by atoms with Gasteiger partial charge in [-0.2, -0.15) is 0 Å². The van der Waals surface area contributed by atoms with Crippen molar-refractivity contribution in [2.24, 2.45) is 46.3 Å². The molecule has 28 heavy (non-hydrogen) atoms. The van der Waals surface area contributed by atoms with Crippen LogP contribution in [-0.2, 0) is 14.2 Å². The van der Waals surface area contributed by atoms with Crippen molar-refractivity contribution in [2.45, 2.75) is 103 Å². The summed E-state index contributed by atoms with van der Waals surface area (Å²) < 4.78 is 19.4. The fraction of sp³-hybridized carbons (Fsp3) is 1.00. The zero-order valence-corrected chi connectivity index (χ0v) is 17.6. The summed E-state index contributed by atoms with van der Waals surface area (Å²) in [5, 5.41) is 0. The number of rotatable bonds is 4. The van der Waals surface area contributed by atoms with E-state index in [4.69, 9.17) is 14.2 Å². The fourth-order valence-corrected chi connectivity index (χ4v) is 10.6. The van der Waals surface area contributed by atoms with Crippen LogP contribution in [-0.4, -0.2) is 25.3 Å². The van der Waals surface area contributed by atoms with Gasteiger partial charge in [-0.1, -0.05) is 0 Å². The molecule has 0 radical (unpaired) electrons. The van der Waals surface area contributed by atoms with E-state index in [-0.39, 0.29) is 0 Å². The van der Waals surface area contributed by atoms with Gasteiger partial charge in [-0.05, 0) is 119 Å². The quantitative estimate of drug-likeness (QED) is 0.636. The van der Waals surface area contributed by atoms with E-state index in [0.29, 0.717) is 29.6 Å². The van der Waals surface area contributed by atoms with Crippen molar-refractivity contribution < 1.29 is 14.2 Å². The van der Waals surface area contributed by atoms with Gasteiger partial charge in [0.05, 0.1) is 12.2 Å². The highest BCUT2D eigenvalue weighted by molar-refractivity contribution is 5.13. The Balaban J connectivity index is 1.25. The topological polar surface area (TPSA) is 27.7 Å². The van der Waals surface area contributed by atoms with Gasteiger partial charge in [0.15, 0.2) is 0 Å². The van der Waals surface area contributed by atoms with Crippen LogP contribution < -0.4 is 0 Å². The molecule has 8 bridgehead atoms. The van der Waals surface area contributed by atoms with Crippen LogP contribution in [0.2, 0.25) is 0 Å². The first-order valence-electron chi connectivity index (χ1n) is 12.6. The van der Waals surface area contributed by atoms with Crippen molar-refractivity contribution in [2.75, 3.05) is 6.61 Å². The molecule has 3 heteroatoms. The molecule has 8 aliphatic carbocycles. The van der Waals surface area contributed by atoms with Gasteiger partial charge >= 0.3 is 0 Å². The van der Waals surface area contributed by atoms with E-state index in [2.05, 4.69) is 6.92 Å². The molecule has 0 aromatic carbocycles. The molecule has 9 rings (SSSR count). The summed E-state index contributed by atoms with van der Waals surface area (Å²) in [6.45, 7) is 2.36. The molecule has 2 atom stereocenters. The Kier molecular flexibility index (Phi) is 3.75. The monoisotopic (exact) mass is 386 g/mol. The van der Waals surface area contributed by atoms with E-state index in [1.165, 1.54) is 77.0 Å². The molecule has 9 aliphatic rings. The summed E-state index contributed by atoms with van der Waals surface area (Å²) in [5.41, 5.74) is 0.795. The molecule has 3 nitrogen and oxygen atoms in total. The molecule has 8 saturated carbocycles. The predicted molar refractivity (Wildman–Crippen MR) is 106 cm³/mol. The molecular formula is C25H38O3. The van der Waals surface area contributed by atoms with Crippen LogP contribution >= 0.6 is 0 Å². The highest BCUT2D eigenvalue weighted by Gasteiger charge is 2.65. The number of ether oxygens (including phenoxy) is 3. The minimum absolute atomic E-state index is 0.300. The van der Waals surface area contributed by atoms with Crippen LogP contribution in [0.15, 0.2) is 0 Å².